The first kappa shape index (κ1) is 11.1. The molecule has 2 unspecified atom stereocenters. The van der Waals surface area contributed by atoms with Crippen LogP contribution in [0.5, 0.6) is 0 Å². The van der Waals surface area contributed by atoms with E-state index in [4.69, 9.17) is 0 Å². The van der Waals surface area contributed by atoms with Crippen molar-refractivity contribution in [3.8, 4) is 0 Å². The first-order valence-corrected chi connectivity index (χ1v) is 5.83. The summed E-state index contributed by atoms with van der Waals surface area (Å²) in [6.45, 7) is 3.11. The van der Waals surface area contributed by atoms with E-state index in [9.17, 15) is 4.79 Å². The lowest BCUT2D eigenvalue weighted by Crippen LogP contribution is -2.46. The molecule has 5 heteroatoms. The van der Waals surface area contributed by atoms with E-state index in [2.05, 4.69) is 27.8 Å². The molecule has 0 saturated carbocycles. The highest BCUT2D eigenvalue weighted by Crippen LogP contribution is 2.19. The minimum atomic E-state index is -0.0676. The van der Waals surface area contributed by atoms with Crippen molar-refractivity contribution in [1.82, 2.24) is 15.5 Å². The maximum absolute atomic E-state index is 11.9. The molecule has 3 N–H and O–H groups in total. The van der Waals surface area contributed by atoms with Crippen LogP contribution in [0.1, 0.15) is 26.2 Å². The van der Waals surface area contributed by atoms with Gasteiger partial charge in [0.2, 0.25) is 5.91 Å². The highest BCUT2D eigenvalue weighted by molar-refractivity contribution is 5.94. The second kappa shape index (κ2) is 5.12. The molecule has 16 heavy (non-hydrogen) atoms. The lowest BCUT2D eigenvalue weighted by Gasteiger charge is -2.28. The molecule has 0 radical (unpaired) electrons. The molecule has 2 atom stereocenters. The fourth-order valence-corrected chi connectivity index (χ4v) is 2.11. The third kappa shape index (κ3) is 2.61. The third-order valence-corrected chi connectivity index (χ3v) is 3.16. The van der Waals surface area contributed by atoms with E-state index in [-0.39, 0.29) is 11.9 Å². The van der Waals surface area contributed by atoms with Crippen molar-refractivity contribution >= 4 is 11.7 Å². The molecule has 0 aromatic carbocycles. The summed E-state index contributed by atoms with van der Waals surface area (Å²) in [4.78, 5) is 11.9. The molecule has 2 rings (SSSR count). The number of H-pyrrole nitrogens is 1. The topological polar surface area (TPSA) is 69.8 Å². The normalized spacial score (nSPS) is 25.3. The van der Waals surface area contributed by atoms with Gasteiger partial charge in [-0.15, -0.1) is 0 Å². The lowest BCUT2D eigenvalue weighted by molar-refractivity contribution is -0.119. The van der Waals surface area contributed by atoms with Crippen LogP contribution in [0.4, 0.5) is 5.82 Å². The third-order valence-electron chi connectivity index (χ3n) is 3.16. The number of rotatable bonds is 3. The fourth-order valence-electron chi connectivity index (χ4n) is 2.11. The second-order valence-electron chi connectivity index (χ2n) is 4.26. The predicted octanol–water partition coefficient (Wildman–Crippen LogP) is 1.13. The standard InChI is InChI=1S/C11H18N4O/c1-2-8-3-5-12-9(7-8)11(16)14-10-4-6-13-15-10/h4,6,8-9,12H,2-3,5,7H2,1H3,(H2,13,14,15,16). The van der Waals surface area contributed by atoms with Gasteiger partial charge in [-0.3, -0.25) is 9.89 Å². The minimum absolute atomic E-state index is 0.0300. The largest absolute Gasteiger partial charge is 0.310 e. The Kier molecular flexibility index (Phi) is 3.56. The molecular formula is C11H18N4O. The average Bonchev–Trinajstić information content (AvgIpc) is 2.82. The van der Waals surface area contributed by atoms with Crippen LogP contribution in [-0.2, 0) is 4.79 Å². The van der Waals surface area contributed by atoms with Crippen molar-refractivity contribution in [3.05, 3.63) is 12.3 Å². The Hall–Kier alpha value is -1.36. The van der Waals surface area contributed by atoms with Gasteiger partial charge in [0.25, 0.3) is 0 Å². The van der Waals surface area contributed by atoms with Crippen molar-refractivity contribution in [2.24, 2.45) is 5.92 Å². The number of piperidine rings is 1. The maximum atomic E-state index is 11.9. The van der Waals surface area contributed by atoms with Gasteiger partial charge in [-0.25, -0.2) is 0 Å². The highest BCUT2D eigenvalue weighted by Gasteiger charge is 2.25. The molecule has 1 aliphatic rings. The van der Waals surface area contributed by atoms with Crippen LogP contribution in [0.15, 0.2) is 12.3 Å². The molecule has 1 amide bonds. The molecule has 2 heterocycles. The number of hydrogen-bond acceptors (Lipinski definition) is 3. The van der Waals surface area contributed by atoms with Crippen LogP contribution in [0, 0.1) is 5.92 Å². The summed E-state index contributed by atoms with van der Waals surface area (Å²) >= 11 is 0. The van der Waals surface area contributed by atoms with E-state index in [0.717, 1.165) is 19.4 Å². The van der Waals surface area contributed by atoms with E-state index >= 15 is 0 Å². The monoisotopic (exact) mass is 222 g/mol. The summed E-state index contributed by atoms with van der Waals surface area (Å²) in [5.41, 5.74) is 0. The Morgan fingerprint density at radius 1 is 1.69 bits per heavy atom. The van der Waals surface area contributed by atoms with Gasteiger partial charge >= 0.3 is 0 Å². The zero-order valence-electron chi connectivity index (χ0n) is 9.49. The molecule has 1 aliphatic heterocycles. The molecule has 1 aromatic heterocycles. The first-order valence-electron chi connectivity index (χ1n) is 5.83. The number of aromatic amines is 1. The average molecular weight is 222 g/mol. The van der Waals surface area contributed by atoms with Crippen LogP contribution in [-0.4, -0.2) is 28.7 Å². The van der Waals surface area contributed by atoms with Gasteiger partial charge in [0.05, 0.1) is 12.2 Å². The lowest BCUT2D eigenvalue weighted by atomic mass is 9.90. The van der Waals surface area contributed by atoms with Gasteiger partial charge in [0.1, 0.15) is 5.82 Å². The quantitative estimate of drug-likeness (QED) is 0.718. The number of carbonyl (C=O) groups excluding carboxylic acids is 1. The summed E-state index contributed by atoms with van der Waals surface area (Å²) < 4.78 is 0. The van der Waals surface area contributed by atoms with E-state index in [1.165, 1.54) is 6.42 Å². The number of nitrogens with zero attached hydrogens (tertiary/aromatic N) is 1. The summed E-state index contributed by atoms with van der Waals surface area (Å²) in [6, 6.07) is 1.68. The Morgan fingerprint density at radius 3 is 3.25 bits per heavy atom. The van der Waals surface area contributed by atoms with E-state index in [1.54, 1.807) is 12.3 Å². The summed E-state index contributed by atoms with van der Waals surface area (Å²) in [6.07, 6.45) is 4.87. The zero-order chi connectivity index (χ0) is 11.4. The molecule has 5 nitrogen and oxygen atoms in total. The molecule has 1 saturated heterocycles. The van der Waals surface area contributed by atoms with E-state index in [0.29, 0.717) is 11.7 Å². The molecular weight excluding hydrogens is 204 g/mol. The Morgan fingerprint density at radius 2 is 2.56 bits per heavy atom. The van der Waals surface area contributed by atoms with Gasteiger partial charge < -0.3 is 10.6 Å². The summed E-state index contributed by atoms with van der Waals surface area (Å²) in [5, 5.41) is 12.6. The smallest absolute Gasteiger partial charge is 0.242 e. The molecule has 88 valence electrons. The van der Waals surface area contributed by atoms with E-state index in [1.807, 2.05) is 0 Å². The van der Waals surface area contributed by atoms with Crippen LogP contribution in [0.25, 0.3) is 0 Å². The minimum Gasteiger partial charge on any atom is -0.310 e. The number of anilines is 1. The van der Waals surface area contributed by atoms with Crippen molar-refractivity contribution in [2.45, 2.75) is 32.2 Å². The predicted molar refractivity (Wildman–Crippen MR) is 62.0 cm³/mol. The van der Waals surface area contributed by atoms with Crippen LogP contribution in [0.3, 0.4) is 0 Å². The van der Waals surface area contributed by atoms with Crippen LogP contribution >= 0.6 is 0 Å². The zero-order valence-corrected chi connectivity index (χ0v) is 9.49. The Balaban J connectivity index is 1.89. The second-order valence-corrected chi connectivity index (χ2v) is 4.26. The fraction of sp³-hybridized carbons (Fsp3) is 0.636. The molecule has 0 bridgehead atoms. The molecule has 1 fully saturated rings. The number of hydrogen-bond donors (Lipinski definition) is 3. The summed E-state index contributed by atoms with van der Waals surface area (Å²) in [7, 11) is 0. The number of aromatic nitrogens is 2. The first-order chi connectivity index (χ1) is 7.79. The number of carbonyl (C=O) groups is 1. The summed E-state index contributed by atoms with van der Waals surface area (Å²) in [5.74, 6) is 1.35. The van der Waals surface area contributed by atoms with Gasteiger partial charge in [0.15, 0.2) is 0 Å². The van der Waals surface area contributed by atoms with Gasteiger partial charge in [0, 0.05) is 6.07 Å². The SMILES string of the molecule is CCC1CCNC(C(=O)Nc2ccn[nH]2)C1. The van der Waals surface area contributed by atoms with Crippen LogP contribution < -0.4 is 10.6 Å². The van der Waals surface area contributed by atoms with Crippen molar-refractivity contribution < 1.29 is 4.79 Å². The Labute approximate surface area is 95.0 Å². The molecule has 0 aliphatic carbocycles. The van der Waals surface area contributed by atoms with Gasteiger partial charge in [-0.2, -0.15) is 5.10 Å². The van der Waals surface area contributed by atoms with Gasteiger partial charge in [-0.05, 0) is 25.3 Å². The van der Waals surface area contributed by atoms with Gasteiger partial charge in [-0.1, -0.05) is 13.3 Å². The van der Waals surface area contributed by atoms with Crippen LogP contribution in [0.2, 0.25) is 0 Å². The molecule has 1 aromatic rings. The van der Waals surface area contributed by atoms with Crippen molar-refractivity contribution in [2.75, 3.05) is 11.9 Å². The Bertz CT molecular complexity index is 336. The van der Waals surface area contributed by atoms with Crippen molar-refractivity contribution in [3.63, 3.8) is 0 Å². The number of amides is 1. The number of nitrogens with one attached hydrogen (secondary N) is 3. The van der Waals surface area contributed by atoms with E-state index < -0.39 is 0 Å². The molecule has 0 spiro atoms. The maximum Gasteiger partial charge on any atom is 0.242 e. The van der Waals surface area contributed by atoms with Crippen molar-refractivity contribution in [1.29, 1.82) is 0 Å². The highest BCUT2D eigenvalue weighted by atomic mass is 16.2.